The van der Waals surface area contributed by atoms with E-state index >= 15 is 0 Å². The lowest BCUT2D eigenvalue weighted by Gasteiger charge is -2.30. The van der Waals surface area contributed by atoms with Gasteiger partial charge in [-0.15, -0.1) is 0 Å². The topological polar surface area (TPSA) is 9.23 Å². The number of ether oxygens (including phenoxy) is 1. The van der Waals surface area contributed by atoms with Crippen molar-refractivity contribution >= 4 is 11.8 Å². The van der Waals surface area contributed by atoms with Gasteiger partial charge >= 0.3 is 0 Å². The van der Waals surface area contributed by atoms with Crippen molar-refractivity contribution in [2.45, 2.75) is 65.2 Å². The predicted molar refractivity (Wildman–Crippen MR) is 96.1 cm³/mol. The van der Waals surface area contributed by atoms with Crippen LogP contribution < -0.4 is 0 Å². The Morgan fingerprint density at radius 3 is 2.14 bits per heavy atom. The van der Waals surface area contributed by atoms with E-state index < -0.39 is 0 Å². The van der Waals surface area contributed by atoms with Gasteiger partial charge in [-0.3, -0.25) is 0 Å². The molecular weight excluding hydrogens is 276 g/mol. The molecule has 21 heavy (non-hydrogen) atoms. The zero-order valence-electron chi connectivity index (χ0n) is 14.8. The molecular formula is C19H32OS. The van der Waals surface area contributed by atoms with Crippen LogP contribution >= 0.6 is 11.8 Å². The molecule has 0 bridgehead atoms. The van der Waals surface area contributed by atoms with E-state index in [1.54, 1.807) is 0 Å². The number of thioether (sulfide) groups is 1. The minimum absolute atomic E-state index is 0.216. The number of benzene rings is 1. The molecule has 1 nitrogen and oxygen atoms in total. The molecule has 0 aliphatic rings. The van der Waals surface area contributed by atoms with Crippen molar-refractivity contribution in [1.29, 1.82) is 0 Å². The highest BCUT2D eigenvalue weighted by molar-refractivity contribution is 8.00. The first-order chi connectivity index (χ1) is 9.62. The zero-order chi connectivity index (χ0) is 16.1. The van der Waals surface area contributed by atoms with Crippen molar-refractivity contribution in [3.8, 4) is 0 Å². The summed E-state index contributed by atoms with van der Waals surface area (Å²) in [7, 11) is 0. The van der Waals surface area contributed by atoms with Gasteiger partial charge in [-0.1, -0.05) is 57.5 Å². The minimum Gasteiger partial charge on any atom is -0.371 e. The second-order valence-corrected chi connectivity index (χ2v) is 9.17. The molecule has 0 aliphatic carbocycles. The molecule has 1 aromatic carbocycles. The van der Waals surface area contributed by atoms with Crippen LogP contribution in [0.3, 0.4) is 0 Å². The molecule has 120 valence electrons. The monoisotopic (exact) mass is 308 g/mol. The fourth-order valence-electron chi connectivity index (χ4n) is 2.05. The van der Waals surface area contributed by atoms with Gasteiger partial charge in [0.1, 0.15) is 0 Å². The lowest BCUT2D eigenvalue weighted by molar-refractivity contribution is -0.0248. The van der Waals surface area contributed by atoms with Gasteiger partial charge in [-0.2, -0.15) is 11.8 Å². The average molecular weight is 309 g/mol. The first-order valence-electron chi connectivity index (χ1n) is 7.97. The van der Waals surface area contributed by atoms with Crippen molar-refractivity contribution in [2.24, 2.45) is 5.92 Å². The smallest absolute Gasteiger partial charge is 0.0875 e. The van der Waals surface area contributed by atoms with Crippen LogP contribution in [0, 0.1) is 12.8 Å². The molecule has 2 heteroatoms. The van der Waals surface area contributed by atoms with Crippen LogP contribution in [-0.4, -0.2) is 17.1 Å². The maximum Gasteiger partial charge on any atom is 0.0875 e. The Morgan fingerprint density at radius 2 is 1.62 bits per heavy atom. The summed E-state index contributed by atoms with van der Waals surface area (Å²) in [6, 6.07) is 8.66. The summed E-state index contributed by atoms with van der Waals surface area (Å²) in [6.45, 7) is 16.4. The Balaban J connectivity index is 2.48. The highest BCUT2D eigenvalue weighted by atomic mass is 32.2. The normalized spacial score (nSPS) is 13.0. The van der Waals surface area contributed by atoms with Gasteiger partial charge in [0.15, 0.2) is 0 Å². The van der Waals surface area contributed by atoms with Crippen LogP contribution in [0.2, 0.25) is 0 Å². The molecule has 0 heterocycles. The minimum atomic E-state index is -0.216. The summed E-state index contributed by atoms with van der Waals surface area (Å²) in [5.41, 5.74) is 2.33. The van der Waals surface area contributed by atoms with E-state index in [-0.39, 0.29) is 10.3 Å². The molecule has 0 N–H and O–H groups in total. The van der Waals surface area contributed by atoms with Crippen LogP contribution in [0.5, 0.6) is 0 Å². The van der Waals surface area contributed by atoms with Gasteiger partial charge in [0.25, 0.3) is 0 Å². The molecule has 0 aliphatic heterocycles. The van der Waals surface area contributed by atoms with Crippen molar-refractivity contribution in [2.75, 3.05) is 12.4 Å². The number of hydrogen-bond acceptors (Lipinski definition) is 2. The molecule has 0 fully saturated rings. The van der Waals surface area contributed by atoms with E-state index in [0.29, 0.717) is 0 Å². The lowest BCUT2D eigenvalue weighted by Crippen LogP contribution is -2.26. The lowest BCUT2D eigenvalue weighted by atomic mass is 9.97. The molecule has 1 aromatic rings. The second-order valence-electron chi connectivity index (χ2n) is 7.44. The zero-order valence-corrected chi connectivity index (χ0v) is 15.6. The summed E-state index contributed by atoms with van der Waals surface area (Å²) in [5, 5.41) is 0. The maximum atomic E-state index is 6.18. The Kier molecular flexibility index (Phi) is 6.80. The predicted octanol–water partition coefficient (Wildman–Crippen LogP) is 5.80. The summed E-state index contributed by atoms with van der Waals surface area (Å²) in [5.74, 6) is 1.97. The summed E-state index contributed by atoms with van der Waals surface area (Å²) in [4.78, 5) is 0. The number of rotatable bonds is 8. The van der Waals surface area contributed by atoms with Crippen LogP contribution in [0.4, 0.5) is 0 Å². The Labute approximate surface area is 135 Å². The molecule has 0 radical (unpaired) electrons. The molecule has 0 saturated heterocycles. The molecule has 0 aromatic heterocycles. The van der Waals surface area contributed by atoms with Crippen LogP contribution in [0.1, 0.15) is 59.1 Å². The molecule has 0 atom stereocenters. The first-order valence-corrected chi connectivity index (χ1v) is 8.96. The van der Waals surface area contributed by atoms with Crippen molar-refractivity contribution in [3.63, 3.8) is 0 Å². The van der Waals surface area contributed by atoms with Gasteiger partial charge in [0, 0.05) is 11.4 Å². The average Bonchev–Trinajstić information content (AvgIpc) is 2.36. The summed E-state index contributed by atoms with van der Waals surface area (Å²) < 4.78 is 6.47. The molecule has 0 saturated carbocycles. The van der Waals surface area contributed by atoms with Gasteiger partial charge in [0.05, 0.1) is 5.60 Å². The third-order valence-corrected chi connectivity index (χ3v) is 5.54. The summed E-state index contributed by atoms with van der Waals surface area (Å²) in [6.07, 6.45) is 1.08. The standard InChI is InChI=1S/C19H32OS/c1-15(2)14-21-18(4,5)12-13-20-19(6,7)17-10-8-16(3)9-11-17/h8-11,15H,12-14H2,1-7H3. The van der Waals surface area contributed by atoms with E-state index in [1.165, 1.54) is 16.9 Å². The Hall–Kier alpha value is -0.470. The molecule has 0 unspecified atom stereocenters. The Morgan fingerprint density at radius 1 is 1.05 bits per heavy atom. The highest BCUT2D eigenvalue weighted by Gasteiger charge is 2.24. The van der Waals surface area contributed by atoms with Crippen molar-refractivity contribution in [3.05, 3.63) is 35.4 Å². The molecule has 0 spiro atoms. The fourth-order valence-corrected chi connectivity index (χ4v) is 3.07. The van der Waals surface area contributed by atoms with Gasteiger partial charge < -0.3 is 4.74 Å². The van der Waals surface area contributed by atoms with Gasteiger partial charge in [-0.25, -0.2) is 0 Å². The third-order valence-electron chi connectivity index (χ3n) is 3.72. The quantitative estimate of drug-likeness (QED) is 0.600. The molecule has 1 rings (SSSR count). The first kappa shape index (κ1) is 18.6. The summed E-state index contributed by atoms with van der Waals surface area (Å²) >= 11 is 2.06. The largest absolute Gasteiger partial charge is 0.371 e. The highest BCUT2D eigenvalue weighted by Crippen LogP contribution is 2.31. The number of aryl methyl sites for hydroxylation is 1. The fraction of sp³-hybridized carbons (Fsp3) is 0.684. The SMILES string of the molecule is Cc1ccc(C(C)(C)OCCC(C)(C)SCC(C)C)cc1. The van der Waals surface area contributed by atoms with Gasteiger partial charge in [0.2, 0.25) is 0 Å². The third kappa shape index (κ3) is 6.88. The Bertz CT molecular complexity index is 418. The molecule has 0 amide bonds. The van der Waals surface area contributed by atoms with Crippen LogP contribution in [-0.2, 0) is 10.3 Å². The van der Waals surface area contributed by atoms with E-state index in [9.17, 15) is 0 Å². The van der Waals surface area contributed by atoms with Crippen molar-refractivity contribution in [1.82, 2.24) is 0 Å². The number of hydrogen-bond donors (Lipinski definition) is 0. The van der Waals surface area contributed by atoms with E-state index in [0.717, 1.165) is 18.9 Å². The van der Waals surface area contributed by atoms with Crippen LogP contribution in [0.25, 0.3) is 0 Å². The van der Waals surface area contributed by atoms with E-state index in [4.69, 9.17) is 4.74 Å². The van der Waals surface area contributed by atoms with E-state index in [2.05, 4.69) is 84.5 Å². The van der Waals surface area contributed by atoms with E-state index in [1.807, 2.05) is 0 Å². The van der Waals surface area contributed by atoms with Gasteiger partial charge in [-0.05, 0) is 44.4 Å². The van der Waals surface area contributed by atoms with Crippen LogP contribution in [0.15, 0.2) is 24.3 Å². The van der Waals surface area contributed by atoms with Crippen molar-refractivity contribution < 1.29 is 4.74 Å². The maximum absolute atomic E-state index is 6.18. The second kappa shape index (κ2) is 7.69.